The lowest BCUT2D eigenvalue weighted by Gasteiger charge is -2.02. The number of aryl methyl sites for hydroxylation is 1. The van der Waals surface area contributed by atoms with Crippen molar-refractivity contribution >= 4 is 11.0 Å². The highest BCUT2D eigenvalue weighted by molar-refractivity contribution is 5.79. The summed E-state index contributed by atoms with van der Waals surface area (Å²) in [5.41, 5.74) is 0.574. The zero-order valence-corrected chi connectivity index (χ0v) is 8.17. The van der Waals surface area contributed by atoms with Gasteiger partial charge in [-0.1, -0.05) is 6.92 Å². The minimum atomic E-state index is -2.80. The maximum Gasteiger partial charge on any atom is 0.387 e. The van der Waals surface area contributed by atoms with E-state index in [1.54, 1.807) is 6.07 Å². The lowest BCUT2D eigenvalue weighted by Crippen LogP contribution is -2.01. The van der Waals surface area contributed by atoms with Crippen molar-refractivity contribution in [3.8, 4) is 5.75 Å². The topological polar surface area (TPSA) is 22.4 Å². The minimum Gasteiger partial charge on any atom is -0.461 e. The van der Waals surface area contributed by atoms with E-state index in [-0.39, 0.29) is 5.75 Å². The molecule has 0 saturated carbocycles. The molecule has 2 rings (SSSR count). The fourth-order valence-corrected chi connectivity index (χ4v) is 1.42. The predicted molar refractivity (Wildman–Crippen MR) is 52.2 cm³/mol. The second kappa shape index (κ2) is 3.88. The summed E-state index contributed by atoms with van der Waals surface area (Å²) in [7, 11) is 0. The average molecular weight is 212 g/mol. The monoisotopic (exact) mass is 212 g/mol. The smallest absolute Gasteiger partial charge is 0.387 e. The van der Waals surface area contributed by atoms with Crippen LogP contribution < -0.4 is 4.74 Å². The third-order valence-electron chi connectivity index (χ3n) is 2.12. The Kier molecular flexibility index (Phi) is 2.58. The molecule has 0 bridgehead atoms. The first-order valence-electron chi connectivity index (χ1n) is 4.66. The summed E-state index contributed by atoms with van der Waals surface area (Å²) in [6.45, 7) is -0.836. The van der Waals surface area contributed by atoms with E-state index < -0.39 is 6.61 Å². The van der Waals surface area contributed by atoms with Gasteiger partial charge < -0.3 is 9.15 Å². The van der Waals surface area contributed by atoms with E-state index in [4.69, 9.17) is 4.42 Å². The van der Waals surface area contributed by atoms with Gasteiger partial charge in [-0.15, -0.1) is 0 Å². The Morgan fingerprint density at radius 1 is 1.33 bits per heavy atom. The standard InChI is InChI=1S/C11H10F2O2/c1-2-8-5-7-3-4-9(15-11(12)13)6-10(7)14-8/h3-6,11H,2H2,1H3. The molecule has 0 saturated heterocycles. The molecule has 0 radical (unpaired) electrons. The van der Waals surface area contributed by atoms with Crippen LogP contribution in [0.5, 0.6) is 5.75 Å². The molecule has 1 heterocycles. The molecule has 0 atom stereocenters. The van der Waals surface area contributed by atoms with Crippen LogP contribution >= 0.6 is 0 Å². The molecule has 1 aromatic carbocycles. The van der Waals surface area contributed by atoms with Gasteiger partial charge in [0.1, 0.15) is 17.1 Å². The van der Waals surface area contributed by atoms with Crippen LogP contribution in [-0.2, 0) is 6.42 Å². The Morgan fingerprint density at radius 3 is 2.80 bits per heavy atom. The first-order chi connectivity index (χ1) is 7.19. The number of fused-ring (bicyclic) bond motifs is 1. The Labute approximate surface area is 85.4 Å². The third-order valence-corrected chi connectivity index (χ3v) is 2.12. The van der Waals surface area contributed by atoms with Crippen molar-refractivity contribution < 1.29 is 17.9 Å². The predicted octanol–water partition coefficient (Wildman–Crippen LogP) is 3.60. The van der Waals surface area contributed by atoms with Crippen LogP contribution in [0.15, 0.2) is 28.7 Å². The number of hydrogen-bond donors (Lipinski definition) is 0. The Morgan fingerprint density at radius 2 is 2.13 bits per heavy atom. The molecule has 0 N–H and O–H groups in total. The quantitative estimate of drug-likeness (QED) is 0.775. The maximum atomic E-state index is 11.9. The zero-order valence-electron chi connectivity index (χ0n) is 8.17. The third kappa shape index (κ3) is 2.09. The lowest BCUT2D eigenvalue weighted by molar-refractivity contribution is -0.0497. The summed E-state index contributed by atoms with van der Waals surface area (Å²) < 4.78 is 33.6. The van der Waals surface area contributed by atoms with E-state index in [2.05, 4.69) is 4.74 Å². The van der Waals surface area contributed by atoms with Gasteiger partial charge in [0.15, 0.2) is 0 Å². The van der Waals surface area contributed by atoms with Crippen molar-refractivity contribution in [2.24, 2.45) is 0 Å². The van der Waals surface area contributed by atoms with Gasteiger partial charge in [0.25, 0.3) is 0 Å². The van der Waals surface area contributed by atoms with Crippen LogP contribution in [-0.4, -0.2) is 6.61 Å². The van der Waals surface area contributed by atoms with Gasteiger partial charge in [-0.05, 0) is 18.2 Å². The van der Waals surface area contributed by atoms with E-state index in [1.807, 2.05) is 13.0 Å². The van der Waals surface area contributed by atoms with Crippen molar-refractivity contribution in [3.05, 3.63) is 30.0 Å². The van der Waals surface area contributed by atoms with E-state index in [9.17, 15) is 8.78 Å². The van der Waals surface area contributed by atoms with Gasteiger partial charge in [-0.2, -0.15) is 8.78 Å². The maximum absolute atomic E-state index is 11.9. The SMILES string of the molecule is CCc1cc2ccc(OC(F)F)cc2o1. The van der Waals surface area contributed by atoms with Gasteiger partial charge in [0, 0.05) is 17.9 Å². The zero-order chi connectivity index (χ0) is 10.8. The normalized spacial score (nSPS) is 11.2. The van der Waals surface area contributed by atoms with Crippen molar-refractivity contribution in [2.45, 2.75) is 20.0 Å². The van der Waals surface area contributed by atoms with Gasteiger partial charge in [-0.25, -0.2) is 0 Å². The molecule has 0 fully saturated rings. The van der Waals surface area contributed by atoms with Crippen LogP contribution in [0.3, 0.4) is 0 Å². The van der Waals surface area contributed by atoms with Crippen molar-refractivity contribution in [1.82, 2.24) is 0 Å². The van der Waals surface area contributed by atoms with Gasteiger partial charge in [0.2, 0.25) is 0 Å². The average Bonchev–Trinajstić information content (AvgIpc) is 2.58. The first-order valence-corrected chi connectivity index (χ1v) is 4.66. The number of benzene rings is 1. The number of rotatable bonds is 3. The first kappa shape index (κ1) is 9.96. The number of alkyl halides is 2. The highest BCUT2D eigenvalue weighted by Gasteiger charge is 2.07. The van der Waals surface area contributed by atoms with Crippen LogP contribution in [0.4, 0.5) is 8.78 Å². The molecule has 2 aromatic rings. The highest BCUT2D eigenvalue weighted by atomic mass is 19.3. The highest BCUT2D eigenvalue weighted by Crippen LogP contribution is 2.25. The van der Waals surface area contributed by atoms with Gasteiger partial charge in [-0.3, -0.25) is 0 Å². The fourth-order valence-electron chi connectivity index (χ4n) is 1.42. The molecule has 0 spiro atoms. The van der Waals surface area contributed by atoms with Crippen molar-refractivity contribution in [2.75, 3.05) is 0 Å². The molecule has 4 heteroatoms. The number of furan rings is 1. The van der Waals surface area contributed by atoms with Crippen LogP contribution in [0, 0.1) is 0 Å². The van der Waals surface area contributed by atoms with Crippen LogP contribution in [0.25, 0.3) is 11.0 Å². The molecule has 15 heavy (non-hydrogen) atoms. The summed E-state index contributed by atoms with van der Waals surface area (Å²) in [6.07, 6.45) is 0.777. The minimum absolute atomic E-state index is 0.120. The molecule has 2 nitrogen and oxygen atoms in total. The summed E-state index contributed by atoms with van der Waals surface area (Å²) in [6, 6.07) is 6.57. The van der Waals surface area contributed by atoms with Gasteiger partial charge >= 0.3 is 6.61 Å². The van der Waals surface area contributed by atoms with Crippen molar-refractivity contribution in [1.29, 1.82) is 0 Å². The molecule has 0 aliphatic carbocycles. The van der Waals surface area contributed by atoms with E-state index in [0.717, 1.165) is 17.6 Å². The lowest BCUT2D eigenvalue weighted by atomic mass is 10.2. The molecule has 0 amide bonds. The molecular weight excluding hydrogens is 202 g/mol. The summed E-state index contributed by atoms with van der Waals surface area (Å²) in [4.78, 5) is 0. The van der Waals surface area contributed by atoms with Gasteiger partial charge in [0.05, 0.1) is 0 Å². The largest absolute Gasteiger partial charge is 0.461 e. The molecule has 80 valence electrons. The molecule has 0 unspecified atom stereocenters. The summed E-state index contributed by atoms with van der Waals surface area (Å²) >= 11 is 0. The summed E-state index contributed by atoms with van der Waals surface area (Å²) in [5.74, 6) is 0.953. The van der Waals surface area contributed by atoms with Crippen LogP contribution in [0.1, 0.15) is 12.7 Å². The van der Waals surface area contributed by atoms with Crippen molar-refractivity contribution in [3.63, 3.8) is 0 Å². The fraction of sp³-hybridized carbons (Fsp3) is 0.273. The molecule has 0 aliphatic heterocycles. The Bertz CT molecular complexity index is 463. The molecule has 1 aromatic heterocycles. The second-order valence-corrected chi connectivity index (χ2v) is 3.14. The Balaban J connectivity index is 2.37. The van der Waals surface area contributed by atoms with E-state index in [1.165, 1.54) is 12.1 Å². The second-order valence-electron chi connectivity index (χ2n) is 3.14. The molecular formula is C11H10F2O2. The van der Waals surface area contributed by atoms with Crippen LogP contribution in [0.2, 0.25) is 0 Å². The number of halogens is 2. The molecule has 0 aliphatic rings. The number of hydrogen-bond acceptors (Lipinski definition) is 2. The number of ether oxygens (including phenoxy) is 1. The Hall–Kier alpha value is -1.58. The summed E-state index contributed by atoms with van der Waals surface area (Å²) in [5, 5.41) is 0.897. The van der Waals surface area contributed by atoms with E-state index in [0.29, 0.717) is 5.58 Å². The van der Waals surface area contributed by atoms with E-state index >= 15 is 0 Å².